The number of nitrogens with zero attached hydrogens (tertiary/aromatic N) is 1. The minimum absolute atomic E-state index is 0.638. The smallest absolute Gasteiger partial charge is 0.221 e. The molecule has 0 aliphatic heterocycles. The van der Waals surface area contributed by atoms with Crippen LogP contribution in [0.2, 0.25) is 0 Å². The van der Waals surface area contributed by atoms with Gasteiger partial charge in [-0.3, -0.25) is 0 Å². The molecule has 0 fully saturated rings. The summed E-state index contributed by atoms with van der Waals surface area (Å²) in [4.78, 5) is 4.37. The highest BCUT2D eigenvalue weighted by Crippen LogP contribution is 2.30. The van der Waals surface area contributed by atoms with Crippen LogP contribution in [-0.4, -0.2) is 12.1 Å². The van der Waals surface area contributed by atoms with Crippen LogP contribution >= 0.6 is 0 Å². The van der Waals surface area contributed by atoms with Crippen LogP contribution in [0.4, 0.5) is 0 Å². The zero-order valence-electron chi connectivity index (χ0n) is 8.23. The Morgan fingerprint density at radius 3 is 2.73 bits per heavy atom. The van der Waals surface area contributed by atoms with Crippen molar-refractivity contribution in [2.45, 2.75) is 0 Å². The summed E-state index contributed by atoms with van der Waals surface area (Å²) in [6.07, 6.45) is 1.64. The Balaban J connectivity index is 2.58. The minimum Gasteiger partial charge on any atom is -0.481 e. The average molecular weight is 199 g/mol. The Labute approximate surface area is 86.3 Å². The van der Waals surface area contributed by atoms with Crippen molar-refractivity contribution in [2.24, 2.45) is 0 Å². The summed E-state index contributed by atoms with van der Waals surface area (Å²) in [5, 5.41) is 2.01. The van der Waals surface area contributed by atoms with Crippen molar-refractivity contribution < 1.29 is 9.15 Å². The molecule has 3 aromatic rings. The van der Waals surface area contributed by atoms with Gasteiger partial charge < -0.3 is 9.15 Å². The van der Waals surface area contributed by atoms with E-state index in [-0.39, 0.29) is 0 Å². The van der Waals surface area contributed by atoms with Gasteiger partial charge in [0.1, 0.15) is 5.52 Å². The zero-order chi connectivity index (χ0) is 10.3. The summed E-state index contributed by atoms with van der Waals surface area (Å²) in [5.41, 5.74) is 1.64. The predicted molar refractivity (Wildman–Crippen MR) is 58.1 cm³/mol. The molecule has 0 amide bonds. The molecule has 0 saturated heterocycles. The Morgan fingerprint density at radius 1 is 1.13 bits per heavy atom. The van der Waals surface area contributed by atoms with Crippen LogP contribution in [0, 0.1) is 0 Å². The van der Waals surface area contributed by atoms with Gasteiger partial charge in [-0.15, -0.1) is 0 Å². The van der Waals surface area contributed by atoms with E-state index in [4.69, 9.17) is 9.15 Å². The minimum atomic E-state index is 0.638. The number of hydrogen-bond acceptors (Lipinski definition) is 3. The predicted octanol–water partition coefficient (Wildman–Crippen LogP) is 2.99. The molecule has 0 atom stereocenters. The Bertz CT molecular complexity index is 628. The fourth-order valence-corrected chi connectivity index (χ4v) is 1.78. The molecule has 3 nitrogen and oxygen atoms in total. The zero-order valence-corrected chi connectivity index (χ0v) is 8.23. The van der Waals surface area contributed by atoms with Crippen LogP contribution in [0.3, 0.4) is 0 Å². The van der Waals surface area contributed by atoms with E-state index in [0.29, 0.717) is 5.88 Å². The standard InChI is InChI=1S/C12H9NO2/c1-14-12-9-5-3-2-4-8(9)11-10(13-12)6-7-15-11/h2-7H,1H3. The number of ether oxygens (including phenoxy) is 1. The maximum Gasteiger partial charge on any atom is 0.221 e. The summed E-state index contributed by atoms with van der Waals surface area (Å²) in [6.45, 7) is 0. The normalized spacial score (nSPS) is 11.0. The number of furan rings is 1. The average Bonchev–Trinajstić information content (AvgIpc) is 2.76. The van der Waals surface area contributed by atoms with Crippen LogP contribution in [0.1, 0.15) is 0 Å². The van der Waals surface area contributed by atoms with Gasteiger partial charge in [0.05, 0.1) is 13.4 Å². The first-order valence-corrected chi connectivity index (χ1v) is 4.70. The van der Waals surface area contributed by atoms with Gasteiger partial charge in [0.15, 0.2) is 5.58 Å². The highest BCUT2D eigenvalue weighted by atomic mass is 16.5. The molecular formula is C12H9NO2. The molecule has 0 bridgehead atoms. The lowest BCUT2D eigenvalue weighted by Crippen LogP contribution is -1.89. The summed E-state index contributed by atoms with van der Waals surface area (Å²) >= 11 is 0. The summed E-state index contributed by atoms with van der Waals surface area (Å²) < 4.78 is 10.7. The molecule has 0 aliphatic rings. The summed E-state index contributed by atoms with van der Waals surface area (Å²) in [5.74, 6) is 0.638. The van der Waals surface area contributed by atoms with Crippen molar-refractivity contribution in [3.05, 3.63) is 36.6 Å². The second-order valence-electron chi connectivity index (χ2n) is 3.30. The molecule has 3 rings (SSSR count). The lowest BCUT2D eigenvalue weighted by atomic mass is 10.1. The van der Waals surface area contributed by atoms with Crippen LogP contribution in [0.5, 0.6) is 5.88 Å². The van der Waals surface area contributed by atoms with Gasteiger partial charge in [0, 0.05) is 16.8 Å². The quantitative estimate of drug-likeness (QED) is 0.604. The van der Waals surface area contributed by atoms with Crippen molar-refractivity contribution >= 4 is 21.9 Å². The monoisotopic (exact) mass is 199 g/mol. The lowest BCUT2D eigenvalue weighted by molar-refractivity contribution is 0.405. The largest absolute Gasteiger partial charge is 0.481 e. The molecule has 1 aromatic carbocycles. The van der Waals surface area contributed by atoms with Gasteiger partial charge in [-0.2, -0.15) is 0 Å². The van der Waals surface area contributed by atoms with Gasteiger partial charge in [-0.25, -0.2) is 4.98 Å². The fraction of sp³-hybridized carbons (Fsp3) is 0.0833. The summed E-state index contributed by atoms with van der Waals surface area (Å²) in [7, 11) is 1.63. The molecule has 0 saturated carbocycles. The maximum atomic E-state index is 5.41. The topological polar surface area (TPSA) is 35.3 Å². The van der Waals surface area contributed by atoms with E-state index >= 15 is 0 Å². The molecule has 3 heteroatoms. The van der Waals surface area contributed by atoms with E-state index in [2.05, 4.69) is 4.98 Å². The van der Waals surface area contributed by atoms with Gasteiger partial charge >= 0.3 is 0 Å². The van der Waals surface area contributed by atoms with Crippen molar-refractivity contribution in [2.75, 3.05) is 7.11 Å². The van der Waals surface area contributed by atoms with Crippen molar-refractivity contribution in [3.63, 3.8) is 0 Å². The third-order valence-corrected chi connectivity index (χ3v) is 2.46. The van der Waals surface area contributed by atoms with Crippen LogP contribution in [0.15, 0.2) is 41.0 Å². The van der Waals surface area contributed by atoms with E-state index in [9.17, 15) is 0 Å². The van der Waals surface area contributed by atoms with Crippen LogP contribution < -0.4 is 4.74 Å². The van der Waals surface area contributed by atoms with Crippen molar-refractivity contribution in [1.29, 1.82) is 0 Å². The number of pyridine rings is 1. The Morgan fingerprint density at radius 2 is 1.93 bits per heavy atom. The van der Waals surface area contributed by atoms with Gasteiger partial charge in [-0.1, -0.05) is 18.2 Å². The Hall–Kier alpha value is -2.03. The molecule has 2 aromatic heterocycles. The molecule has 0 unspecified atom stereocenters. The highest BCUT2D eigenvalue weighted by molar-refractivity contribution is 6.04. The van der Waals surface area contributed by atoms with Crippen molar-refractivity contribution in [1.82, 2.24) is 4.98 Å². The third kappa shape index (κ3) is 1.09. The molecule has 74 valence electrons. The number of methoxy groups -OCH3 is 1. The van der Waals surface area contributed by atoms with Gasteiger partial charge in [0.2, 0.25) is 5.88 Å². The van der Waals surface area contributed by atoms with Gasteiger partial charge in [0.25, 0.3) is 0 Å². The molecule has 0 spiro atoms. The first-order chi connectivity index (χ1) is 7.40. The van der Waals surface area contributed by atoms with E-state index in [1.807, 2.05) is 30.3 Å². The van der Waals surface area contributed by atoms with E-state index in [1.165, 1.54) is 0 Å². The molecule has 0 radical (unpaired) electrons. The summed E-state index contributed by atoms with van der Waals surface area (Å²) in [6, 6.07) is 9.75. The molecule has 15 heavy (non-hydrogen) atoms. The van der Waals surface area contributed by atoms with E-state index < -0.39 is 0 Å². The highest BCUT2D eigenvalue weighted by Gasteiger charge is 2.09. The number of hydrogen-bond donors (Lipinski definition) is 0. The molecule has 2 heterocycles. The number of aromatic nitrogens is 1. The second kappa shape index (κ2) is 2.98. The second-order valence-corrected chi connectivity index (χ2v) is 3.30. The maximum absolute atomic E-state index is 5.41. The van der Waals surface area contributed by atoms with E-state index in [1.54, 1.807) is 13.4 Å². The Kier molecular flexibility index (Phi) is 1.65. The number of rotatable bonds is 1. The van der Waals surface area contributed by atoms with Crippen molar-refractivity contribution in [3.8, 4) is 5.88 Å². The number of fused-ring (bicyclic) bond motifs is 3. The number of benzene rings is 1. The molecule has 0 N–H and O–H groups in total. The first kappa shape index (κ1) is 8.29. The van der Waals surface area contributed by atoms with Gasteiger partial charge in [-0.05, 0) is 6.07 Å². The lowest BCUT2D eigenvalue weighted by Gasteiger charge is -2.04. The SMILES string of the molecule is COc1nc2ccoc2c2ccccc12. The third-order valence-electron chi connectivity index (χ3n) is 2.46. The first-order valence-electron chi connectivity index (χ1n) is 4.70. The molecular weight excluding hydrogens is 190 g/mol. The van der Waals surface area contributed by atoms with E-state index in [0.717, 1.165) is 21.9 Å². The van der Waals surface area contributed by atoms with Crippen LogP contribution in [0.25, 0.3) is 21.9 Å². The van der Waals surface area contributed by atoms with Crippen LogP contribution in [-0.2, 0) is 0 Å². The molecule has 0 aliphatic carbocycles. The fourth-order valence-electron chi connectivity index (χ4n) is 1.78.